The van der Waals surface area contributed by atoms with E-state index in [1.165, 1.54) is 4.90 Å². The van der Waals surface area contributed by atoms with Crippen LogP contribution in [0.5, 0.6) is 0 Å². The minimum Gasteiger partial charge on any atom is -0.370 e. The van der Waals surface area contributed by atoms with Gasteiger partial charge in [-0.2, -0.15) is 0 Å². The lowest BCUT2D eigenvalue weighted by atomic mass is 9.72. The van der Waals surface area contributed by atoms with Crippen LogP contribution >= 0.6 is 11.6 Å². The van der Waals surface area contributed by atoms with Gasteiger partial charge in [-0.1, -0.05) is 23.7 Å². The van der Waals surface area contributed by atoms with Crippen molar-refractivity contribution in [2.24, 2.45) is 5.92 Å². The van der Waals surface area contributed by atoms with Crippen molar-refractivity contribution in [3.63, 3.8) is 0 Å². The molecule has 2 saturated heterocycles. The topological polar surface area (TPSA) is 121 Å². The predicted molar refractivity (Wildman–Crippen MR) is 129 cm³/mol. The van der Waals surface area contributed by atoms with E-state index in [0.29, 0.717) is 36.3 Å². The van der Waals surface area contributed by atoms with E-state index in [1.54, 1.807) is 18.2 Å². The van der Waals surface area contributed by atoms with Crippen LogP contribution in [-0.4, -0.2) is 77.4 Å². The van der Waals surface area contributed by atoms with Gasteiger partial charge in [0, 0.05) is 24.4 Å². The van der Waals surface area contributed by atoms with Gasteiger partial charge in [0.25, 0.3) is 5.91 Å². The fraction of sp³-hybridized carbons (Fsp3) is 0.520. The van der Waals surface area contributed by atoms with Crippen LogP contribution in [0, 0.1) is 5.92 Å². The number of Topliss-reactive ketones (excluding diaryl/α,β-unsaturated/α-hetero) is 1. The van der Waals surface area contributed by atoms with Gasteiger partial charge in [-0.05, 0) is 44.2 Å². The molecule has 36 heavy (non-hydrogen) atoms. The highest BCUT2D eigenvalue weighted by atomic mass is 35.5. The zero-order valence-electron chi connectivity index (χ0n) is 19.6. The number of carbonyl (C=O) groups excluding carboxylic acids is 4. The zero-order chi connectivity index (χ0) is 25.4. The summed E-state index contributed by atoms with van der Waals surface area (Å²) in [6.45, 7) is -0.339. The van der Waals surface area contributed by atoms with Gasteiger partial charge in [0.2, 0.25) is 11.8 Å². The first-order valence-electron chi connectivity index (χ1n) is 12.2. The molecule has 5 rings (SSSR count). The second kappa shape index (κ2) is 9.82. The average Bonchev–Trinajstić information content (AvgIpc) is 3.48. The molecule has 2 aliphatic heterocycles. The molecule has 192 valence electrons. The van der Waals surface area contributed by atoms with Crippen LogP contribution in [0.15, 0.2) is 24.3 Å². The van der Waals surface area contributed by atoms with Crippen LogP contribution in [0.1, 0.15) is 42.6 Å². The fourth-order valence-electron chi connectivity index (χ4n) is 5.54. The van der Waals surface area contributed by atoms with Crippen LogP contribution in [-0.2, 0) is 19.1 Å². The second-order valence-electron chi connectivity index (χ2n) is 9.73. The predicted octanol–water partition coefficient (Wildman–Crippen LogP) is 2.13. The number of hydrogen-bond donors (Lipinski definition) is 3. The first kappa shape index (κ1) is 24.7. The number of fused-ring (bicyclic) bond motifs is 1. The van der Waals surface area contributed by atoms with Crippen LogP contribution < -0.4 is 10.6 Å². The van der Waals surface area contributed by atoms with Crippen molar-refractivity contribution < 1.29 is 28.3 Å². The standard InChI is InChI=1S/C25H28ClFN4O5/c26-16-4-1-3-14-11-18(29-20(14)16)24(35)31-9-10-36-25(6-2-7-25)21(31)23(34)30-17(19(32)13-27)12-15-5-8-28-22(15)33/h1,3-4,11,15,17,21,29H,2,5-10,12-13H2,(H,28,33)(H,30,34)/t15-,17+,21-/m0/s1. The number of aromatic nitrogens is 1. The number of benzene rings is 1. The van der Waals surface area contributed by atoms with Gasteiger partial charge in [-0.25, -0.2) is 4.39 Å². The van der Waals surface area contributed by atoms with E-state index in [-0.39, 0.29) is 37.1 Å². The molecule has 1 spiro atoms. The van der Waals surface area contributed by atoms with Crippen molar-refractivity contribution in [3.05, 3.63) is 35.0 Å². The summed E-state index contributed by atoms with van der Waals surface area (Å²) in [5, 5.41) is 6.60. The fourth-order valence-corrected chi connectivity index (χ4v) is 5.77. The largest absolute Gasteiger partial charge is 0.370 e. The third-order valence-corrected chi connectivity index (χ3v) is 7.91. The van der Waals surface area contributed by atoms with Crippen LogP contribution in [0.25, 0.3) is 10.9 Å². The Morgan fingerprint density at radius 3 is 2.75 bits per heavy atom. The van der Waals surface area contributed by atoms with Crippen molar-refractivity contribution in [1.29, 1.82) is 0 Å². The highest BCUT2D eigenvalue weighted by Gasteiger charge is 2.55. The lowest BCUT2D eigenvalue weighted by Crippen LogP contribution is -2.69. The minimum atomic E-state index is -1.26. The third-order valence-electron chi connectivity index (χ3n) is 7.60. The summed E-state index contributed by atoms with van der Waals surface area (Å²) < 4.78 is 19.4. The molecule has 3 heterocycles. The molecule has 0 radical (unpaired) electrons. The Hall–Kier alpha value is -2.98. The summed E-state index contributed by atoms with van der Waals surface area (Å²) in [4.78, 5) is 56.3. The Bertz CT molecular complexity index is 1210. The molecule has 1 aromatic carbocycles. The zero-order valence-corrected chi connectivity index (χ0v) is 20.4. The Morgan fingerprint density at radius 2 is 2.11 bits per heavy atom. The van der Waals surface area contributed by atoms with E-state index in [0.717, 1.165) is 11.8 Å². The van der Waals surface area contributed by atoms with Gasteiger partial charge in [-0.3, -0.25) is 19.2 Å². The molecule has 0 unspecified atom stereocenters. The van der Waals surface area contributed by atoms with Crippen LogP contribution in [0.2, 0.25) is 5.02 Å². The Morgan fingerprint density at radius 1 is 1.31 bits per heavy atom. The highest BCUT2D eigenvalue weighted by molar-refractivity contribution is 6.35. The van der Waals surface area contributed by atoms with E-state index >= 15 is 0 Å². The number of nitrogens with zero attached hydrogens (tertiary/aromatic N) is 1. The molecule has 3 atom stereocenters. The third kappa shape index (κ3) is 4.37. The highest BCUT2D eigenvalue weighted by Crippen LogP contribution is 2.43. The van der Waals surface area contributed by atoms with E-state index in [4.69, 9.17) is 16.3 Å². The maximum Gasteiger partial charge on any atom is 0.271 e. The first-order valence-corrected chi connectivity index (χ1v) is 12.6. The number of nitrogens with one attached hydrogen (secondary N) is 3. The maximum atomic E-state index is 13.7. The molecular formula is C25H28ClFN4O5. The van der Waals surface area contributed by atoms with E-state index in [1.807, 2.05) is 6.07 Å². The number of aromatic amines is 1. The quantitative estimate of drug-likeness (QED) is 0.518. The van der Waals surface area contributed by atoms with Crippen molar-refractivity contribution in [2.45, 2.75) is 49.8 Å². The average molecular weight is 519 g/mol. The molecule has 9 nitrogen and oxygen atoms in total. The molecule has 3 amide bonds. The van der Waals surface area contributed by atoms with E-state index < -0.39 is 42.0 Å². The summed E-state index contributed by atoms with van der Waals surface area (Å²) in [5.41, 5.74) is 0.0419. The number of ketones is 1. The normalized spacial score (nSPS) is 23.8. The smallest absolute Gasteiger partial charge is 0.271 e. The number of carbonyl (C=O) groups is 4. The Balaban J connectivity index is 1.42. The van der Waals surface area contributed by atoms with Gasteiger partial charge in [0.05, 0.1) is 28.8 Å². The number of alkyl halides is 1. The molecule has 11 heteroatoms. The summed E-state index contributed by atoms with van der Waals surface area (Å²) in [6, 6.07) is 4.86. The van der Waals surface area contributed by atoms with Gasteiger partial charge in [0.1, 0.15) is 18.4 Å². The molecule has 2 aromatic rings. The number of hydrogen-bond acceptors (Lipinski definition) is 5. The summed E-state index contributed by atoms with van der Waals surface area (Å²) >= 11 is 6.27. The van der Waals surface area contributed by atoms with Gasteiger partial charge in [-0.15, -0.1) is 0 Å². The maximum absolute atomic E-state index is 13.7. The SMILES string of the molecule is O=C1NCC[C@H]1C[C@@H](NC(=O)[C@@H]1N(C(=O)c2cc3cccc(Cl)c3[nH]2)CCOC12CCC2)C(=O)CF. The van der Waals surface area contributed by atoms with Crippen molar-refractivity contribution in [3.8, 4) is 0 Å². The number of amides is 3. The van der Waals surface area contributed by atoms with Crippen molar-refractivity contribution in [1.82, 2.24) is 20.5 Å². The number of para-hydroxylation sites is 1. The first-order chi connectivity index (χ1) is 17.3. The molecule has 1 saturated carbocycles. The van der Waals surface area contributed by atoms with Crippen LogP contribution in [0.3, 0.4) is 0 Å². The second-order valence-corrected chi connectivity index (χ2v) is 10.1. The lowest BCUT2D eigenvalue weighted by Gasteiger charge is -2.53. The number of morpholine rings is 1. The molecule has 0 bridgehead atoms. The summed E-state index contributed by atoms with van der Waals surface area (Å²) in [6.07, 6.45) is 2.52. The van der Waals surface area contributed by atoms with Crippen molar-refractivity contribution >= 4 is 46.0 Å². The van der Waals surface area contributed by atoms with Gasteiger partial charge < -0.3 is 25.3 Å². The number of H-pyrrole nitrogens is 1. The Kier molecular flexibility index (Phi) is 6.74. The monoisotopic (exact) mass is 518 g/mol. The molecule has 1 aromatic heterocycles. The number of rotatable bonds is 7. The molecule has 3 fully saturated rings. The number of halogens is 2. The lowest BCUT2D eigenvalue weighted by molar-refractivity contribution is -0.184. The molecule has 3 aliphatic rings. The van der Waals surface area contributed by atoms with Gasteiger partial charge >= 0.3 is 0 Å². The van der Waals surface area contributed by atoms with Crippen molar-refractivity contribution in [2.75, 3.05) is 26.4 Å². The molecule has 3 N–H and O–H groups in total. The van der Waals surface area contributed by atoms with E-state index in [2.05, 4.69) is 15.6 Å². The summed E-state index contributed by atoms with van der Waals surface area (Å²) in [7, 11) is 0. The Labute approximate surface area is 212 Å². The molecular weight excluding hydrogens is 491 g/mol. The van der Waals surface area contributed by atoms with Gasteiger partial charge in [0.15, 0.2) is 5.78 Å². The van der Waals surface area contributed by atoms with Crippen LogP contribution in [0.4, 0.5) is 4.39 Å². The molecule has 1 aliphatic carbocycles. The van der Waals surface area contributed by atoms with E-state index in [9.17, 15) is 23.6 Å². The minimum absolute atomic E-state index is 0.00929. The summed E-state index contributed by atoms with van der Waals surface area (Å²) in [5.74, 6) is -2.47. The number of ether oxygens (including phenoxy) is 1.